The molecule has 0 aliphatic carbocycles. The maximum Gasteiger partial charge on any atom is 0.309 e. The average Bonchev–Trinajstić information content (AvgIpc) is 2.98. The summed E-state index contributed by atoms with van der Waals surface area (Å²) in [6.45, 7) is 1.69. The van der Waals surface area contributed by atoms with E-state index in [1.54, 1.807) is 19.1 Å². The van der Waals surface area contributed by atoms with Gasteiger partial charge in [-0.1, -0.05) is 12.1 Å². The highest BCUT2D eigenvalue weighted by molar-refractivity contribution is 6.35. The van der Waals surface area contributed by atoms with Crippen molar-refractivity contribution in [3.05, 3.63) is 59.3 Å². The molecule has 2 amide bonds. The smallest absolute Gasteiger partial charge is 0.309 e. The molecule has 0 saturated heterocycles. The second-order valence-electron chi connectivity index (χ2n) is 4.98. The molecular weight excluding hydrogens is 303 g/mol. The van der Waals surface area contributed by atoms with E-state index in [4.69, 9.17) is 4.42 Å². The van der Waals surface area contributed by atoms with Crippen molar-refractivity contribution in [3.8, 4) is 0 Å². The average molecular weight is 320 g/mol. The largest absolute Gasteiger partial charge is 0.464 e. The molecule has 0 spiro atoms. The number of aliphatic hydroxyl groups is 1. The number of halogens is 1. The lowest BCUT2D eigenvalue weighted by atomic mass is 10.2. The van der Waals surface area contributed by atoms with E-state index < -0.39 is 17.9 Å². The molecule has 0 bridgehead atoms. The first-order valence-electron chi connectivity index (χ1n) is 7.00. The van der Waals surface area contributed by atoms with Crippen LogP contribution in [0.25, 0.3) is 0 Å². The Morgan fingerprint density at radius 3 is 2.39 bits per heavy atom. The lowest BCUT2D eigenvalue weighted by Gasteiger charge is -2.10. The molecule has 1 atom stereocenters. The van der Waals surface area contributed by atoms with E-state index in [0.717, 1.165) is 0 Å². The fourth-order valence-corrected chi connectivity index (χ4v) is 1.87. The summed E-state index contributed by atoms with van der Waals surface area (Å²) in [6, 6.07) is 8.84. The molecule has 0 radical (unpaired) electrons. The van der Waals surface area contributed by atoms with Gasteiger partial charge in [-0.05, 0) is 36.8 Å². The molecule has 6 nitrogen and oxygen atoms in total. The van der Waals surface area contributed by atoms with Crippen LogP contribution >= 0.6 is 0 Å². The van der Waals surface area contributed by atoms with Crippen LogP contribution in [0.15, 0.2) is 40.8 Å². The van der Waals surface area contributed by atoms with Crippen molar-refractivity contribution in [1.82, 2.24) is 10.6 Å². The van der Waals surface area contributed by atoms with Crippen LogP contribution in [0.3, 0.4) is 0 Å². The third-order valence-electron chi connectivity index (χ3n) is 3.12. The van der Waals surface area contributed by atoms with E-state index in [9.17, 15) is 19.1 Å². The Balaban J connectivity index is 1.76. The number of carbonyl (C=O) groups is 2. The number of aryl methyl sites for hydroxylation is 1. The minimum absolute atomic E-state index is 0.104. The number of hydrogen-bond acceptors (Lipinski definition) is 4. The van der Waals surface area contributed by atoms with Gasteiger partial charge in [-0.15, -0.1) is 0 Å². The molecule has 0 aliphatic rings. The Morgan fingerprint density at radius 1 is 1.13 bits per heavy atom. The Labute approximate surface area is 132 Å². The minimum Gasteiger partial charge on any atom is -0.464 e. The lowest BCUT2D eigenvalue weighted by molar-refractivity contribution is -0.139. The van der Waals surface area contributed by atoms with E-state index in [2.05, 4.69) is 10.6 Å². The molecule has 7 heteroatoms. The molecule has 2 rings (SSSR count). The summed E-state index contributed by atoms with van der Waals surface area (Å²) in [5.41, 5.74) is 0.665. The second-order valence-corrected chi connectivity index (χ2v) is 4.98. The molecule has 3 N–H and O–H groups in total. The van der Waals surface area contributed by atoms with Gasteiger partial charge in [0, 0.05) is 6.54 Å². The van der Waals surface area contributed by atoms with Gasteiger partial charge in [0.05, 0.1) is 6.54 Å². The molecule has 1 heterocycles. The topological polar surface area (TPSA) is 91.6 Å². The fraction of sp³-hybridized carbons (Fsp3) is 0.250. The molecule has 1 aromatic heterocycles. The Morgan fingerprint density at radius 2 is 1.78 bits per heavy atom. The number of carbonyl (C=O) groups excluding carboxylic acids is 2. The highest BCUT2D eigenvalue weighted by atomic mass is 19.1. The van der Waals surface area contributed by atoms with Crippen LogP contribution in [-0.4, -0.2) is 23.5 Å². The number of hydrogen-bond donors (Lipinski definition) is 3. The van der Waals surface area contributed by atoms with Gasteiger partial charge in [0.2, 0.25) is 0 Å². The molecule has 122 valence electrons. The summed E-state index contributed by atoms with van der Waals surface area (Å²) < 4.78 is 18.0. The SMILES string of the molecule is Cc1ccc([C@H](O)CNC(=O)C(=O)NCc2ccc(F)cc2)o1. The van der Waals surface area contributed by atoms with Gasteiger partial charge in [-0.3, -0.25) is 9.59 Å². The van der Waals surface area contributed by atoms with Crippen molar-refractivity contribution in [2.45, 2.75) is 19.6 Å². The van der Waals surface area contributed by atoms with Crippen LogP contribution in [0, 0.1) is 12.7 Å². The Kier molecular flexibility index (Phi) is 5.48. The van der Waals surface area contributed by atoms with E-state index in [-0.39, 0.29) is 18.9 Å². The standard InChI is InChI=1S/C16H17FN2O4/c1-10-2-7-14(23-10)13(20)9-19-16(22)15(21)18-8-11-3-5-12(17)6-4-11/h2-7,13,20H,8-9H2,1H3,(H,18,21)(H,19,22)/t13-/m1/s1. The van der Waals surface area contributed by atoms with E-state index in [1.165, 1.54) is 24.3 Å². The first-order chi connectivity index (χ1) is 11.0. The summed E-state index contributed by atoms with van der Waals surface area (Å²) in [5, 5.41) is 14.5. The number of furan rings is 1. The predicted molar refractivity (Wildman–Crippen MR) is 79.7 cm³/mol. The van der Waals surface area contributed by atoms with Crippen LogP contribution in [-0.2, 0) is 16.1 Å². The van der Waals surface area contributed by atoms with Gasteiger partial charge in [-0.25, -0.2) is 4.39 Å². The van der Waals surface area contributed by atoms with Crippen LogP contribution in [0.2, 0.25) is 0 Å². The van der Waals surface area contributed by atoms with E-state index in [0.29, 0.717) is 17.1 Å². The van der Waals surface area contributed by atoms with Crippen molar-refractivity contribution in [2.75, 3.05) is 6.54 Å². The van der Waals surface area contributed by atoms with Gasteiger partial charge < -0.3 is 20.2 Å². The second kappa shape index (κ2) is 7.55. The molecular formula is C16H17FN2O4. The minimum atomic E-state index is -1.03. The van der Waals surface area contributed by atoms with Gasteiger partial charge in [0.25, 0.3) is 0 Å². The van der Waals surface area contributed by atoms with Crippen LogP contribution < -0.4 is 10.6 Å². The predicted octanol–water partition coefficient (Wildman–Crippen LogP) is 1.19. The third kappa shape index (κ3) is 4.93. The molecule has 1 aromatic carbocycles. The quantitative estimate of drug-likeness (QED) is 0.722. The van der Waals surface area contributed by atoms with Crippen molar-refractivity contribution in [3.63, 3.8) is 0 Å². The molecule has 0 unspecified atom stereocenters. The van der Waals surface area contributed by atoms with Crippen molar-refractivity contribution >= 4 is 11.8 Å². The number of amides is 2. The maximum atomic E-state index is 12.7. The fourth-order valence-electron chi connectivity index (χ4n) is 1.87. The van der Waals surface area contributed by atoms with Crippen LogP contribution in [0.4, 0.5) is 4.39 Å². The first-order valence-corrected chi connectivity index (χ1v) is 7.00. The Hall–Kier alpha value is -2.67. The van der Waals surface area contributed by atoms with E-state index in [1.807, 2.05) is 0 Å². The number of nitrogens with one attached hydrogen (secondary N) is 2. The van der Waals surface area contributed by atoms with Crippen molar-refractivity contribution in [2.24, 2.45) is 0 Å². The van der Waals surface area contributed by atoms with Crippen LogP contribution in [0.1, 0.15) is 23.2 Å². The van der Waals surface area contributed by atoms with E-state index >= 15 is 0 Å². The summed E-state index contributed by atoms with van der Waals surface area (Å²) in [5.74, 6) is -1.12. The van der Waals surface area contributed by atoms with Gasteiger partial charge in [0.15, 0.2) is 0 Å². The summed E-state index contributed by atoms with van der Waals surface area (Å²) in [6.07, 6.45) is -1.03. The Bertz CT molecular complexity index is 682. The number of rotatable bonds is 5. The third-order valence-corrected chi connectivity index (χ3v) is 3.12. The van der Waals surface area contributed by atoms with Gasteiger partial charge >= 0.3 is 11.8 Å². The molecule has 23 heavy (non-hydrogen) atoms. The zero-order chi connectivity index (χ0) is 16.8. The zero-order valence-electron chi connectivity index (χ0n) is 12.5. The van der Waals surface area contributed by atoms with Crippen molar-refractivity contribution < 1.29 is 23.5 Å². The van der Waals surface area contributed by atoms with Crippen molar-refractivity contribution in [1.29, 1.82) is 0 Å². The van der Waals surface area contributed by atoms with Gasteiger partial charge in [-0.2, -0.15) is 0 Å². The normalized spacial score (nSPS) is 11.8. The highest BCUT2D eigenvalue weighted by Crippen LogP contribution is 2.14. The molecule has 2 aromatic rings. The molecule has 0 fully saturated rings. The lowest BCUT2D eigenvalue weighted by Crippen LogP contribution is -2.41. The maximum absolute atomic E-state index is 12.7. The first kappa shape index (κ1) is 16.7. The highest BCUT2D eigenvalue weighted by Gasteiger charge is 2.17. The summed E-state index contributed by atoms with van der Waals surface area (Å²) in [7, 11) is 0. The van der Waals surface area contributed by atoms with Gasteiger partial charge in [0.1, 0.15) is 23.4 Å². The number of benzene rings is 1. The van der Waals surface area contributed by atoms with Crippen LogP contribution in [0.5, 0.6) is 0 Å². The molecule has 0 aliphatic heterocycles. The zero-order valence-corrected chi connectivity index (χ0v) is 12.5. The molecule has 0 saturated carbocycles. The summed E-state index contributed by atoms with van der Waals surface area (Å²) in [4.78, 5) is 23.3. The monoisotopic (exact) mass is 320 g/mol. The number of aliphatic hydroxyl groups excluding tert-OH is 1. The summed E-state index contributed by atoms with van der Waals surface area (Å²) >= 11 is 0.